The molecule has 2 aliphatic rings. The Morgan fingerprint density at radius 1 is 1.25 bits per heavy atom. The standard InChI is InChI=1S/C20H23ClN6O/c1-13-25-17(10-22)9-19(26-13)28-7-4-15-8-18(15)14-2-5-27(6-3-14)20-23-11-16(21)12-24-20/h9,11-12,14-15,18H,2-8H2,1H3/t15-,18-/m1/s1. The van der Waals surface area contributed by atoms with Crippen molar-refractivity contribution in [1.82, 2.24) is 19.9 Å². The zero-order valence-corrected chi connectivity index (χ0v) is 16.6. The summed E-state index contributed by atoms with van der Waals surface area (Å²) in [5, 5.41) is 9.55. The Bertz CT molecular complexity index is 860. The molecule has 8 heteroatoms. The van der Waals surface area contributed by atoms with E-state index in [0.29, 0.717) is 29.0 Å². The molecule has 146 valence electrons. The number of rotatable bonds is 6. The number of aromatic nitrogens is 4. The lowest BCUT2D eigenvalue weighted by Gasteiger charge is -2.32. The Hall–Kier alpha value is -2.46. The second-order valence-corrected chi connectivity index (χ2v) is 8.01. The number of ether oxygens (including phenoxy) is 1. The fourth-order valence-corrected chi connectivity index (χ4v) is 4.26. The van der Waals surface area contributed by atoms with Crippen molar-refractivity contribution < 1.29 is 4.74 Å². The van der Waals surface area contributed by atoms with E-state index in [0.717, 1.165) is 43.2 Å². The second kappa shape index (κ2) is 8.27. The normalized spacial score (nSPS) is 22.0. The zero-order chi connectivity index (χ0) is 19.5. The number of piperidine rings is 1. The number of nitrogens with zero attached hydrogens (tertiary/aromatic N) is 6. The lowest BCUT2D eigenvalue weighted by molar-refractivity contribution is 0.275. The van der Waals surface area contributed by atoms with Crippen LogP contribution >= 0.6 is 11.6 Å². The van der Waals surface area contributed by atoms with Crippen molar-refractivity contribution in [3.05, 3.63) is 35.0 Å². The van der Waals surface area contributed by atoms with Crippen molar-refractivity contribution in [2.75, 3.05) is 24.6 Å². The van der Waals surface area contributed by atoms with Gasteiger partial charge in [-0.05, 0) is 50.4 Å². The van der Waals surface area contributed by atoms with Gasteiger partial charge in [0, 0.05) is 19.2 Å². The quantitative estimate of drug-likeness (QED) is 0.736. The SMILES string of the molecule is Cc1nc(C#N)cc(OCC[C@@H]2C[C@@H]2C2CCN(c3ncc(Cl)cn3)CC2)n1. The maximum atomic E-state index is 8.98. The van der Waals surface area contributed by atoms with Crippen LogP contribution in [-0.2, 0) is 0 Å². The lowest BCUT2D eigenvalue weighted by Crippen LogP contribution is -2.35. The van der Waals surface area contributed by atoms with Gasteiger partial charge < -0.3 is 9.64 Å². The van der Waals surface area contributed by atoms with E-state index in [9.17, 15) is 0 Å². The highest BCUT2D eigenvalue weighted by atomic mass is 35.5. The average Bonchev–Trinajstić information content (AvgIpc) is 3.48. The molecule has 0 bridgehead atoms. The minimum absolute atomic E-state index is 0.350. The summed E-state index contributed by atoms with van der Waals surface area (Å²) < 4.78 is 5.76. The monoisotopic (exact) mass is 398 g/mol. The molecule has 0 spiro atoms. The largest absolute Gasteiger partial charge is 0.478 e. The van der Waals surface area contributed by atoms with Crippen LogP contribution in [0.1, 0.15) is 37.2 Å². The molecule has 0 amide bonds. The Labute approximate surface area is 169 Å². The van der Waals surface area contributed by atoms with E-state index < -0.39 is 0 Å². The molecule has 0 N–H and O–H groups in total. The third kappa shape index (κ3) is 4.50. The summed E-state index contributed by atoms with van der Waals surface area (Å²) in [6.45, 7) is 4.42. The minimum Gasteiger partial charge on any atom is -0.478 e. The van der Waals surface area contributed by atoms with Crippen molar-refractivity contribution >= 4 is 17.5 Å². The van der Waals surface area contributed by atoms with Crippen LogP contribution in [0.2, 0.25) is 5.02 Å². The van der Waals surface area contributed by atoms with Gasteiger partial charge in [0.1, 0.15) is 17.6 Å². The van der Waals surface area contributed by atoms with Gasteiger partial charge in [0.05, 0.1) is 24.0 Å². The molecule has 7 nitrogen and oxygen atoms in total. The molecule has 4 rings (SSSR count). The van der Waals surface area contributed by atoms with Gasteiger partial charge in [-0.2, -0.15) is 10.2 Å². The van der Waals surface area contributed by atoms with E-state index in [1.54, 1.807) is 25.4 Å². The summed E-state index contributed by atoms with van der Waals surface area (Å²) in [4.78, 5) is 19.2. The van der Waals surface area contributed by atoms with Gasteiger partial charge in [-0.15, -0.1) is 0 Å². The maximum absolute atomic E-state index is 8.98. The smallest absolute Gasteiger partial charge is 0.225 e. The number of nitriles is 1. The molecule has 0 unspecified atom stereocenters. The highest BCUT2D eigenvalue weighted by Gasteiger charge is 2.43. The Balaban J connectivity index is 1.20. The van der Waals surface area contributed by atoms with E-state index in [2.05, 4.69) is 24.8 Å². The summed E-state index contributed by atoms with van der Waals surface area (Å²) >= 11 is 5.87. The van der Waals surface area contributed by atoms with Crippen LogP contribution in [-0.4, -0.2) is 39.6 Å². The van der Waals surface area contributed by atoms with Gasteiger partial charge in [0.25, 0.3) is 0 Å². The first-order valence-corrected chi connectivity index (χ1v) is 10.1. The Morgan fingerprint density at radius 2 is 2.00 bits per heavy atom. The van der Waals surface area contributed by atoms with E-state index in [1.807, 2.05) is 6.07 Å². The molecule has 1 saturated carbocycles. The summed E-state index contributed by atoms with van der Waals surface area (Å²) in [6.07, 6.45) is 8.01. The summed E-state index contributed by atoms with van der Waals surface area (Å²) in [5.74, 6) is 4.16. The third-order valence-corrected chi connectivity index (χ3v) is 5.87. The summed E-state index contributed by atoms with van der Waals surface area (Å²) in [5.41, 5.74) is 0.350. The lowest BCUT2D eigenvalue weighted by atomic mass is 9.90. The first-order chi connectivity index (χ1) is 13.6. The van der Waals surface area contributed by atoms with Crippen LogP contribution in [0.5, 0.6) is 5.88 Å². The Kier molecular flexibility index (Phi) is 5.58. The molecular weight excluding hydrogens is 376 g/mol. The number of anilines is 1. The molecule has 2 aromatic rings. The van der Waals surface area contributed by atoms with Crippen LogP contribution in [0.25, 0.3) is 0 Å². The first-order valence-electron chi connectivity index (χ1n) is 9.73. The van der Waals surface area contributed by atoms with Crippen molar-refractivity contribution in [2.45, 2.75) is 32.6 Å². The maximum Gasteiger partial charge on any atom is 0.225 e. The van der Waals surface area contributed by atoms with Gasteiger partial charge >= 0.3 is 0 Å². The molecule has 1 saturated heterocycles. The number of halogens is 1. The molecule has 3 heterocycles. The van der Waals surface area contributed by atoms with Crippen LogP contribution < -0.4 is 9.64 Å². The van der Waals surface area contributed by atoms with Crippen LogP contribution in [0.15, 0.2) is 18.5 Å². The second-order valence-electron chi connectivity index (χ2n) is 7.57. The minimum atomic E-state index is 0.350. The molecule has 2 aromatic heterocycles. The van der Waals surface area contributed by atoms with Crippen LogP contribution in [0.4, 0.5) is 5.95 Å². The molecule has 2 atom stereocenters. The van der Waals surface area contributed by atoms with E-state index in [4.69, 9.17) is 21.6 Å². The Morgan fingerprint density at radius 3 is 2.71 bits per heavy atom. The fraction of sp³-hybridized carbons (Fsp3) is 0.550. The molecule has 0 aromatic carbocycles. The average molecular weight is 399 g/mol. The topological polar surface area (TPSA) is 87.8 Å². The predicted octanol–water partition coefficient (Wildman–Crippen LogP) is 3.42. The van der Waals surface area contributed by atoms with Gasteiger partial charge in [-0.3, -0.25) is 0 Å². The van der Waals surface area contributed by atoms with Crippen molar-refractivity contribution in [3.8, 4) is 11.9 Å². The molecule has 28 heavy (non-hydrogen) atoms. The van der Waals surface area contributed by atoms with Gasteiger partial charge in [-0.1, -0.05) is 11.6 Å². The van der Waals surface area contributed by atoms with E-state index in [-0.39, 0.29) is 0 Å². The number of hydrogen-bond acceptors (Lipinski definition) is 7. The van der Waals surface area contributed by atoms with Gasteiger partial charge in [-0.25, -0.2) is 15.0 Å². The first kappa shape index (κ1) is 18.9. The number of aryl methyl sites for hydroxylation is 1. The molecule has 1 aliphatic carbocycles. The third-order valence-electron chi connectivity index (χ3n) is 5.68. The van der Waals surface area contributed by atoms with Crippen LogP contribution in [0.3, 0.4) is 0 Å². The predicted molar refractivity (Wildman–Crippen MR) is 105 cm³/mol. The van der Waals surface area contributed by atoms with Gasteiger partial charge in [0.15, 0.2) is 0 Å². The molecule has 2 fully saturated rings. The highest BCUT2D eigenvalue weighted by Crippen LogP contribution is 2.49. The molecular formula is C20H23ClN6O. The van der Waals surface area contributed by atoms with Crippen molar-refractivity contribution in [3.63, 3.8) is 0 Å². The van der Waals surface area contributed by atoms with E-state index in [1.165, 1.54) is 19.3 Å². The number of hydrogen-bond donors (Lipinski definition) is 0. The summed E-state index contributed by atoms with van der Waals surface area (Å²) in [7, 11) is 0. The highest BCUT2D eigenvalue weighted by molar-refractivity contribution is 6.30. The molecule has 1 aliphatic heterocycles. The van der Waals surface area contributed by atoms with Crippen LogP contribution in [0, 0.1) is 36.0 Å². The molecule has 0 radical (unpaired) electrons. The van der Waals surface area contributed by atoms with Crippen molar-refractivity contribution in [2.24, 2.45) is 17.8 Å². The fourth-order valence-electron chi connectivity index (χ4n) is 4.16. The zero-order valence-electron chi connectivity index (χ0n) is 15.9. The van der Waals surface area contributed by atoms with Crippen molar-refractivity contribution in [1.29, 1.82) is 5.26 Å². The van der Waals surface area contributed by atoms with E-state index >= 15 is 0 Å². The van der Waals surface area contributed by atoms with Gasteiger partial charge in [0.2, 0.25) is 11.8 Å². The summed E-state index contributed by atoms with van der Waals surface area (Å²) in [6, 6.07) is 3.64.